The molecular weight excluding hydrogens is 320 g/mol. The molecule has 5 nitrogen and oxygen atoms in total. The van der Waals surface area contributed by atoms with Gasteiger partial charge in [0.05, 0.1) is 7.11 Å². The zero-order chi connectivity index (χ0) is 17.4. The summed E-state index contributed by atoms with van der Waals surface area (Å²) in [5, 5.41) is 3.35. The van der Waals surface area contributed by atoms with E-state index in [0.29, 0.717) is 12.4 Å². The predicted octanol–water partition coefficient (Wildman–Crippen LogP) is 3.02. The fourth-order valence-electron chi connectivity index (χ4n) is 2.38. The van der Waals surface area contributed by atoms with Crippen molar-refractivity contribution in [1.29, 1.82) is 0 Å². The topological polar surface area (TPSA) is 49.8 Å². The predicted molar refractivity (Wildman–Crippen MR) is 101 cm³/mol. The molecule has 1 heterocycles. The van der Waals surface area contributed by atoms with Crippen molar-refractivity contribution in [2.24, 2.45) is 4.99 Å². The molecular formula is C18H24N4OS. The van der Waals surface area contributed by atoms with Crippen LogP contribution in [0.1, 0.15) is 11.1 Å². The number of methoxy groups -OCH3 is 1. The van der Waals surface area contributed by atoms with Gasteiger partial charge in [0.2, 0.25) is 5.88 Å². The monoisotopic (exact) mass is 344 g/mol. The summed E-state index contributed by atoms with van der Waals surface area (Å²) < 4.78 is 5.28. The van der Waals surface area contributed by atoms with E-state index in [1.54, 1.807) is 32.1 Å². The van der Waals surface area contributed by atoms with Crippen molar-refractivity contribution >= 4 is 17.7 Å². The van der Waals surface area contributed by atoms with Crippen LogP contribution in [0.25, 0.3) is 0 Å². The molecule has 6 heteroatoms. The van der Waals surface area contributed by atoms with Gasteiger partial charge in [-0.1, -0.05) is 18.2 Å². The Balaban J connectivity index is 1.97. The van der Waals surface area contributed by atoms with Crippen molar-refractivity contribution in [1.82, 2.24) is 15.2 Å². The molecule has 2 aromatic rings. The summed E-state index contributed by atoms with van der Waals surface area (Å²) in [6.45, 7) is 1.40. The Morgan fingerprint density at radius 2 is 2.04 bits per heavy atom. The van der Waals surface area contributed by atoms with Crippen molar-refractivity contribution in [2.75, 3.05) is 27.5 Å². The van der Waals surface area contributed by atoms with E-state index in [9.17, 15) is 0 Å². The van der Waals surface area contributed by atoms with Gasteiger partial charge in [0.25, 0.3) is 0 Å². The highest BCUT2D eigenvalue weighted by atomic mass is 32.2. The van der Waals surface area contributed by atoms with Crippen LogP contribution in [-0.2, 0) is 13.1 Å². The van der Waals surface area contributed by atoms with Gasteiger partial charge in [-0.3, -0.25) is 4.99 Å². The normalized spacial score (nSPS) is 11.2. The van der Waals surface area contributed by atoms with Gasteiger partial charge in [0.15, 0.2) is 5.96 Å². The number of benzene rings is 1. The van der Waals surface area contributed by atoms with Gasteiger partial charge in [-0.05, 0) is 30.0 Å². The largest absolute Gasteiger partial charge is 0.481 e. The van der Waals surface area contributed by atoms with Crippen LogP contribution < -0.4 is 10.1 Å². The fourth-order valence-corrected chi connectivity index (χ4v) is 2.79. The van der Waals surface area contributed by atoms with E-state index in [2.05, 4.69) is 50.7 Å². The Kier molecular flexibility index (Phi) is 6.93. The minimum absolute atomic E-state index is 0.611. The molecule has 0 unspecified atom stereocenters. The van der Waals surface area contributed by atoms with Crippen LogP contribution in [0.3, 0.4) is 0 Å². The highest BCUT2D eigenvalue weighted by Crippen LogP contribution is 2.16. The first-order valence-corrected chi connectivity index (χ1v) is 8.93. The van der Waals surface area contributed by atoms with Crippen LogP contribution >= 0.6 is 11.8 Å². The molecule has 0 bridgehead atoms. The number of thioether (sulfide) groups is 1. The Morgan fingerprint density at radius 3 is 2.67 bits per heavy atom. The molecule has 0 aliphatic carbocycles. The van der Waals surface area contributed by atoms with Gasteiger partial charge in [-0.15, -0.1) is 11.8 Å². The van der Waals surface area contributed by atoms with Gasteiger partial charge in [0.1, 0.15) is 0 Å². The van der Waals surface area contributed by atoms with Gasteiger partial charge in [-0.25, -0.2) is 4.98 Å². The highest BCUT2D eigenvalue weighted by molar-refractivity contribution is 7.98. The second kappa shape index (κ2) is 9.17. The fraction of sp³-hybridized carbons (Fsp3) is 0.333. The molecule has 0 saturated heterocycles. The first kappa shape index (κ1) is 18.1. The Hall–Kier alpha value is -2.21. The summed E-state index contributed by atoms with van der Waals surface area (Å²) in [6.07, 6.45) is 3.81. The quantitative estimate of drug-likeness (QED) is 0.496. The lowest BCUT2D eigenvalue weighted by molar-refractivity contribution is 0.391. The number of aromatic nitrogens is 1. The van der Waals surface area contributed by atoms with Crippen LogP contribution in [0.2, 0.25) is 0 Å². The highest BCUT2D eigenvalue weighted by Gasteiger charge is 2.09. The Bertz CT molecular complexity index is 673. The van der Waals surface area contributed by atoms with Crippen LogP contribution in [0.15, 0.2) is 52.5 Å². The molecule has 0 aliphatic heterocycles. The van der Waals surface area contributed by atoms with Crippen LogP contribution in [-0.4, -0.2) is 43.3 Å². The number of hydrogen-bond donors (Lipinski definition) is 1. The maximum absolute atomic E-state index is 5.28. The van der Waals surface area contributed by atoms with Crippen LogP contribution in [0.5, 0.6) is 5.88 Å². The smallest absolute Gasteiger partial charge is 0.218 e. The standard InChI is InChI=1S/C18H24N4OS/c1-19-18(21-12-15-6-5-11-20-17(15)23-3)22(2)13-14-7-9-16(24-4)10-8-14/h5-11H,12-13H2,1-4H3,(H,19,21). The number of hydrogen-bond acceptors (Lipinski definition) is 4. The second-order valence-electron chi connectivity index (χ2n) is 5.28. The van der Waals surface area contributed by atoms with E-state index in [4.69, 9.17) is 4.74 Å². The summed E-state index contributed by atoms with van der Waals surface area (Å²) in [4.78, 5) is 11.9. The molecule has 0 spiro atoms. The Morgan fingerprint density at radius 1 is 1.29 bits per heavy atom. The van der Waals surface area contributed by atoms with Crippen molar-refractivity contribution < 1.29 is 4.74 Å². The maximum atomic E-state index is 5.28. The van der Waals surface area contributed by atoms with Crippen LogP contribution in [0.4, 0.5) is 0 Å². The first-order chi connectivity index (χ1) is 11.7. The molecule has 0 amide bonds. The molecule has 24 heavy (non-hydrogen) atoms. The third-order valence-electron chi connectivity index (χ3n) is 3.63. The molecule has 0 saturated carbocycles. The zero-order valence-corrected chi connectivity index (χ0v) is 15.4. The number of nitrogens with zero attached hydrogens (tertiary/aromatic N) is 3. The number of aliphatic imine (C=N–C) groups is 1. The maximum Gasteiger partial charge on any atom is 0.218 e. The van der Waals surface area contributed by atoms with E-state index >= 15 is 0 Å². The summed E-state index contributed by atoms with van der Waals surface area (Å²) in [6, 6.07) is 12.5. The molecule has 0 atom stereocenters. The van der Waals surface area contributed by atoms with E-state index < -0.39 is 0 Å². The molecule has 0 fully saturated rings. The number of rotatable bonds is 6. The molecule has 1 N–H and O–H groups in total. The summed E-state index contributed by atoms with van der Waals surface area (Å²) in [7, 11) is 5.44. The van der Waals surface area contributed by atoms with E-state index in [1.165, 1.54) is 10.5 Å². The van der Waals surface area contributed by atoms with Gasteiger partial charge in [0, 0.05) is 43.8 Å². The minimum atomic E-state index is 0.611. The third-order valence-corrected chi connectivity index (χ3v) is 4.38. The number of guanidine groups is 1. The second-order valence-corrected chi connectivity index (χ2v) is 6.16. The lowest BCUT2D eigenvalue weighted by Crippen LogP contribution is -2.38. The third kappa shape index (κ3) is 4.89. The zero-order valence-electron chi connectivity index (χ0n) is 14.6. The van der Waals surface area contributed by atoms with Crippen molar-refractivity contribution in [3.8, 4) is 5.88 Å². The molecule has 2 rings (SSSR count). The summed E-state index contributed by atoms with van der Waals surface area (Å²) >= 11 is 1.75. The molecule has 1 aromatic heterocycles. The Labute approximate surface area is 148 Å². The van der Waals surface area contributed by atoms with E-state index in [1.807, 2.05) is 19.2 Å². The SMILES string of the molecule is CN=C(NCc1cccnc1OC)N(C)Cc1ccc(SC)cc1. The lowest BCUT2D eigenvalue weighted by Gasteiger charge is -2.22. The van der Waals surface area contributed by atoms with E-state index in [-0.39, 0.29) is 0 Å². The molecule has 128 valence electrons. The van der Waals surface area contributed by atoms with Crippen molar-refractivity contribution in [3.05, 3.63) is 53.7 Å². The first-order valence-electron chi connectivity index (χ1n) is 7.70. The molecule has 1 aromatic carbocycles. The lowest BCUT2D eigenvalue weighted by atomic mass is 10.2. The van der Waals surface area contributed by atoms with Crippen LogP contribution in [0, 0.1) is 0 Å². The van der Waals surface area contributed by atoms with Gasteiger partial charge < -0.3 is 15.0 Å². The summed E-state index contributed by atoms with van der Waals surface area (Å²) in [5.41, 5.74) is 2.25. The van der Waals surface area contributed by atoms with Crippen molar-refractivity contribution in [2.45, 2.75) is 18.0 Å². The van der Waals surface area contributed by atoms with Crippen molar-refractivity contribution in [3.63, 3.8) is 0 Å². The number of pyridine rings is 1. The molecule has 0 radical (unpaired) electrons. The van der Waals surface area contributed by atoms with Gasteiger partial charge in [-0.2, -0.15) is 0 Å². The average Bonchev–Trinajstić information content (AvgIpc) is 2.63. The number of nitrogens with one attached hydrogen (secondary N) is 1. The van der Waals surface area contributed by atoms with Gasteiger partial charge >= 0.3 is 0 Å². The average molecular weight is 344 g/mol. The number of ether oxygens (including phenoxy) is 1. The molecule has 0 aliphatic rings. The summed E-state index contributed by atoms with van der Waals surface area (Å²) in [5.74, 6) is 1.46. The van der Waals surface area contributed by atoms with E-state index in [0.717, 1.165) is 18.1 Å². The minimum Gasteiger partial charge on any atom is -0.481 e.